The quantitative estimate of drug-likeness (QED) is 0.919. The maximum atomic E-state index is 5.88. The van der Waals surface area contributed by atoms with Crippen LogP contribution in [0.1, 0.15) is 29.8 Å². The second-order valence-electron chi connectivity index (χ2n) is 4.12. The van der Waals surface area contributed by atoms with Crippen LogP contribution in [-0.4, -0.2) is 16.5 Å². The Balaban J connectivity index is 2.40. The van der Waals surface area contributed by atoms with Crippen molar-refractivity contribution in [3.63, 3.8) is 0 Å². The number of pyridine rings is 2. The largest absolute Gasteiger partial charge is 0.305 e. The zero-order chi connectivity index (χ0) is 13.0. The number of nitrogens with one attached hydrogen (secondary N) is 1. The van der Waals surface area contributed by atoms with E-state index in [1.165, 1.54) is 5.56 Å². The molecule has 2 rings (SSSR count). The summed E-state index contributed by atoms with van der Waals surface area (Å²) in [6.45, 7) is 5.02. The highest BCUT2D eigenvalue weighted by molar-refractivity contribution is 6.30. The summed E-state index contributed by atoms with van der Waals surface area (Å²) in [5.74, 6) is 0. The summed E-state index contributed by atoms with van der Waals surface area (Å²) >= 11 is 5.88. The summed E-state index contributed by atoms with van der Waals surface area (Å²) in [6.07, 6.45) is 5.36. The molecule has 0 aliphatic heterocycles. The lowest BCUT2D eigenvalue weighted by atomic mass is 10.0. The van der Waals surface area contributed by atoms with Gasteiger partial charge >= 0.3 is 0 Å². The van der Waals surface area contributed by atoms with Gasteiger partial charge < -0.3 is 5.32 Å². The van der Waals surface area contributed by atoms with Gasteiger partial charge in [0.05, 0.1) is 16.8 Å². The van der Waals surface area contributed by atoms with Crippen molar-refractivity contribution in [1.29, 1.82) is 0 Å². The van der Waals surface area contributed by atoms with Gasteiger partial charge in [0.2, 0.25) is 0 Å². The van der Waals surface area contributed by atoms with Gasteiger partial charge in [0.1, 0.15) is 0 Å². The monoisotopic (exact) mass is 261 g/mol. The van der Waals surface area contributed by atoms with Crippen LogP contribution in [0.15, 0.2) is 36.8 Å². The first kappa shape index (κ1) is 13.0. The standard InChI is InChI=1S/C14H16ClN3/c1-3-17-14(12-9-16-7-6-10(12)2)13-5-4-11(15)8-18-13/h4-9,14,17H,3H2,1-2H3. The molecule has 0 saturated heterocycles. The summed E-state index contributed by atoms with van der Waals surface area (Å²) in [5, 5.41) is 4.08. The van der Waals surface area contributed by atoms with Crippen LogP contribution in [0.4, 0.5) is 0 Å². The summed E-state index contributed by atoms with van der Waals surface area (Å²) < 4.78 is 0. The molecule has 0 amide bonds. The van der Waals surface area contributed by atoms with Crippen molar-refractivity contribution in [2.75, 3.05) is 6.54 Å². The van der Waals surface area contributed by atoms with Crippen molar-refractivity contribution < 1.29 is 0 Å². The first-order valence-electron chi connectivity index (χ1n) is 5.97. The molecule has 0 bridgehead atoms. The minimum absolute atomic E-state index is 0.0565. The van der Waals surface area contributed by atoms with E-state index in [4.69, 9.17) is 11.6 Å². The lowest BCUT2D eigenvalue weighted by molar-refractivity contribution is 0.611. The van der Waals surface area contributed by atoms with Gasteiger partial charge in [-0.15, -0.1) is 0 Å². The van der Waals surface area contributed by atoms with E-state index in [0.717, 1.165) is 17.8 Å². The third-order valence-electron chi connectivity index (χ3n) is 2.84. The van der Waals surface area contributed by atoms with Crippen molar-refractivity contribution in [3.8, 4) is 0 Å². The lowest BCUT2D eigenvalue weighted by Gasteiger charge is -2.19. The van der Waals surface area contributed by atoms with E-state index in [0.29, 0.717) is 5.02 Å². The molecule has 3 nitrogen and oxygen atoms in total. The third kappa shape index (κ3) is 2.86. The van der Waals surface area contributed by atoms with E-state index in [-0.39, 0.29) is 6.04 Å². The van der Waals surface area contributed by atoms with E-state index >= 15 is 0 Å². The minimum atomic E-state index is 0.0565. The molecule has 0 radical (unpaired) electrons. The van der Waals surface area contributed by atoms with Gasteiger partial charge in [-0.2, -0.15) is 0 Å². The second kappa shape index (κ2) is 5.94. The number of aryl methyl sites for hydroxylation is 1. The van der Waals surface area contributed by atoms with Crippen LogP contribution in [-0.2, 0) is 0 Å². The zero-order valence-electron chi connectivity index (χ0n) is 10.5. The van der Waals surface area contributed by atoms with E-state index in [1.54, 1.807) is 12.4 Å². The molecule has 1 unspecified atom stereocenters. The van der Waals surface area contributed by atoms with Gasteiger partial charge in [0, 0.05) is 18.6 Å². The predicted molar refractivity (Wildman–Crippen MR) is 73.7 cm³/mol. The van der Waals surface area contributed by atoms with Crippen LogP contribution >= 0.6 is 11.6 Å². The van der Waals surface area contributed by atoms with Crippen LogP contribution in [0.5, 0.6) is 0 Å². The van der Waals surface area contributed by atoms with Crippen LogP contribution in [0.3, 0.4) is 0 Å². The van der Waals surface area contributed by atoms with Crippen molar-refractivity contribution in [2.45, 2.75) is 19.9 Å². The average molecular weight is 262 g/mol. The normalized spacial score (nSPS) is 12.4. The molecule has 94 valence electrons. The first-order valence-corrected chi connectivity index (χ1v) is 6.35. The predicted octanol–water partition coefficient (Wildman–Crippen LogP) is 3.14. The van der Waals surface area contributed by atoms with Crippen LogP contribution < -0.4 is 5.32 Å². The third-order valence-corrected chi connectivity index (χ3v) is 3.07. The fourth-order valence-corrected chi connectivity index (χ4v) is 2.03. The molecule has 0 saturated carbocycles. The Bertz CT molecular complexity index is 511. The number of hydrogen-bond donors (Lipinski definition) is 1. The minimum Gasteiger partial charge on any atom is -0.305 e. The summed E-state index contributed by atoms with van der Waals surface area (Å²) in [4.78, 5) is 8.59. The van der Waals surface area contributed by atoms with Crippen molar-refractivity contribution in [1.82, 2.24) is 15.3 Å². The molecule has 0 spiro atoms. The van der Waals surface area contributed by atoms with Gasteiger partial charge in [-0.3, -0.25) is 9.97 Å². The maximum absolute atomic E-state index is 5.88. The Morgan fingerprint density at radius 3 is 2.72 bits per heavy atom. The Hall–Kier alpha value is -1.45. The Morgan fingerprint density at radius 1 is 1.28 bits per heavy atom. The SMILES string of the molecule is CCNC(c1ccc(Cl)cn1)c1cnccc1C. The Morgan fingerprint density at radius 2 is 2.11 bits per heavy atom. The molecule has 0 fully saturated rings. The van der Waals surface area contributed by atoms with Crippen molar-refractivity contribution >= 4 is 11.6 Å². The Kier molecular flexibility index (Phi) is 4.28. The van der Waals surface area contributed by atoms with E-state index in [1.807, 2.05) is 24.4 Å². The highest BCUT2D eigenvalue weighted by Crippen LogP contribution is 2.23. The average Bonchev–Trinajstić information content (AvgIpc) is 2.38. The Labute approximate surface area is 112 Å². The fraction of sp³-hybridized carbons (Fsp3) is 0.286. The smallest absolute Gasteiger partial charge is 0.0768 e. The van der Waals surface area contributed by atoms with Crippen LogP contribution in [0.25, 0.3) is 0 Å². The summed E-state index contributed by atoms with van der Waals surface area (Å²) in [5.41, 5.74) is 3.30. The van der Waals surface area contributed by atoms with Crippen LogP contribution in [0, 0.1) is 6.92 Å². The van der Waals surface area contributed by atoms with Crippen molar-refractivity contribution in [3.05, 3.63) is 58.6 Å². The lowest BCUT2D eigenvalue weighted by Crippen LogP contribution is -2.23. The van der Waals surface area contributed by atoms with E-state index in [9.17, 15) is 0 Å². The topological polar surface area (TPSA) is 37.8 Å². The summed E-state index contributed by atoms with van der Waals surface area (Å²) in [6, 6.07) is 5.87. The van der Waals surface area contributed by atoms with Gasteiger partial charge in [0.25, 0.3) is 0 Å². The molecular formula is C14H16ClN3. The van der Waals surface area contributed by atoms with Crippen molar-refractivity contribution in [2.24, 2.45) is 0 Å². The molecule has 0 aliphatic rings. The van der Waals surface area contributed by atoms with Crippen LogP contribution in [0.2, 0.25) is 5.02 Å². The van der Waals surface area contributed by atoms with Gasteiger partial charge in [-0.05, 0) is 42.8 Å². The molecular weight excluding hydrogens is 246 g/mol. The highest BCUT2D eigenvalue weighted by Gasteiger charge is 2.16. The number of hydrogen-bond acceptors (Lipinski definition) is 3. The first-order chi connectivity index (χ1) is 8.72. The summed E-state index contributed by atoms with van der Waals surface area (Å²) in [7, 11) is 0. The molecule has 2 aromatic rings. The fourth-order valence-electron chi connectivity index (χ4n) is 1.91. The highest BCUT2D eigenvalue weighted by atomic mass is 35.5. The molecule has 4 heteroatoms. The number of rotatable bonds is 4. The van der Waals surface area contributed by atoms with E-state index in [2.05, 4.69) is 29.1 Å². The van der Waals surface area contributed by atoms with Gasteiger partial charge in [0.15, 0.2) is 0 Å². The molecule has 0 aliphatic carbocycles. The zero-order valence-corrected chi connectivity index (χ0v) is 11.3. The van der Waals surface area contributed by atoms with E-state index < -0.39 is 0 Å². The number of aromatic nitrogens is 2. The molecule has 2 aromatic heterocycles. The molecule has 1 atom stereocenters. The number of nitrogens with zero attached hydrogens (tertiary/aromatic N) is 2. The molecule has 18 heavy (non-hydrogen) atoms. The second-order valence-corrected chi connectivity index (χ2v) is 4.56. The molecule has 1 N–H and O–H groups in total. The molecule has 0 aromatic carbocycles. The van der Waals surface area contributed by atoms with Gasteiger partial charge in [-0.1, -0.05) is 18.5 Å². The number of halogens is 1. The maximum Gasteiger partial charge on any atom is 0.0768 e. The van der Waals surface area contributed by atoms with Gasteiger partial charge in [-0.25, -0.2) is 0 Å². The molecule has 2 heterocycles.